The molecule has 0 bridgehead atoms. The van der Waals surface area contributed by atoms with Crippen LogP contribution in [0.25, 0.3) is 0 Å². The molecule has 0 aliphatic rings. The van der Waals surface area contributed by atoms with E-state index in [0.717, 1.165) is 5.69 Å². The fourth-order valence-electron chi connectivity index (χ4n) is 2.56. The minimum absolute atomic E-state index is 0.260. The summed E-state index contributed by atoms with van der Waals surface area (Å²) < 4.78 is 12.3. The zero-order valence-corrected chi connectivity index (χ0v) is 16.7. The summed E-state index contributed by atoms with van der Waals surface area (Å²) in [6, 6.07) is 7.54. The SMILES string of the molecule is Cc1nn(C)c(C)c1NC(=O)[C@@H](C)OC(=O)COc1ccc(C(C)C)cc1. The predicted molar refractivity (Wildman–Crippen MR) is 103 cm³/mol. The van der Waals surface area contributed by atoms with Gasteiger partial charge in [0.1, 0.15) is 5.75 Å². The smallest absolute Gasteiger partial charge is 0.344 e. The molecule has 1 heterocycles. The van der Waals surface area contributed by atoms with Crippen molar-refractivity contribution >= 4 is 17.6 Å². The Morgan fingerprint density at radius 3 is 2.30 bits per heavy atom. The van der Waals surface area contributed by atoms with Gasteiger partial charge in [0.15, 0.2) is 12.7 Å². The first kappa shape index (κ1) is 20.5. The van der Waals surface area contributed by atoms with Gasteiger partial charge >= 0.3 is 5.97 Å². The second-order valence-electron chi connectivity index (χ2n) is 6.80. The Labute approximate surface area is 159 Å². The Morgan fingerprint density at radius 1 is 1.15 bits per heavy atom. The normalized spacial score (nSPS) is 12.0. The highest BCUT2D eigenvalue weighted by Gasteiger charge is 2.21. The van der Waals surface area contributed by atoms with Crippen molar-refractivity contribution in [3.8, 4) is 5.75 Å². The van der Waals surface area contributed by atoms with Crippen LogP contribution in [0.15, 0.2) is 24.3 Å². The van der Waals surface area contributed by atoms with E-state index in [0.29, 0.717) is 23.0 Å². The molecule has 1 aromatic heterocycles. The lowest BCUT2D eigenvalue weighted by molar-refractivity contribution is -0.155. The monoisotopic (exact) mass is 373 g/mol. The van der Waals surface area contributed by atoms with Crippen LogP contribution in [0.2, 0.25) is 0 Å². The molecule has 1 aromatic carbocycles. The van der Waals surface area contributed by atoms with E-state index in [4.69, 9.17) is 9.47 Å². The average Bonchev–Trinajstić information content (AvgIpc) is 2.86. The van der Waals surface area contributed by atoms with Crippen LogP contribution in [0.5, 0.6) is 5.75 Å². The number of amides is 1. The Balaban J connectivity index is 1.84. The average molecular weight is 373 g/mol. The van der Waals surface area contributed by atoms with Crippen molar-refractivity contribution in [2.45, 2.75) is 46.6 Å². The van der Waals surface area contributed by atoms with Gasteiger partial charge in [-0.3, -0.25) is 9.48 Å². The topological polar surface area (TPSA) is 82.5 Å². The molecule has 1 N–H and O–H groups in total. The first-order chi connectivity index (χ1) is 12.7. The number of hydrogen-bond donors (Lipinski definition) is 1. The molecule has 2 aromatic rings. The number of nitrogens with one attached hydrogen (secondary N) is 1. The Bertz CT molecular complexity index is 809. The maximum atomic E-state index is 12.3. The zero-order valence-electron chi connectivity index (χ0n) is 16.7. The summed E-state index contributed by atoms with van der Waals surface area (Å²) in [7, 11) is 1.80. The highest BCUT2D eigenvalue weighted by molar-refractivity contribution is 5.96. The summed E-state index contributed by atoms with van der Waals surface area (Å²) in [5.41, 5.74) is 3.35. The molecule has 0 spiro atoms. The molecule has 27 heavy (non-hydrogen) atoms. The molecule has 0 aliphatic heterocycles. The summed E-state index contributed by atoms with van der Waals surface area (Å²) in [5.74, 6) is -0.0143. The van der Waals surface area contributed by atoms with Gasteiger partial charge in [-0.05, 0) is 44.4 Å². The van der Waals surface area contributed by atoms with E-state index in [2.05, 4.69) is 24.3 Å². The van der Waals surface area contributed by atoms with E-state index >= 15 is 0 Å². The second kappa shape index (κ2) is 8.70. The molecule has 1 amide bonds. The molecule has 0 radical (unpaired) electrons. The standard InChI is InChI=1S/C20H27N3O4/c1-12(2)16-7-9-17(10-8-16)26-11-18(24)27-15(5)20(25)21-19-13(3)22-23(6)14(19)4/h7-10,12,15H,11H2,1-6H3,(H,21,25)/t15-/m1/s1. The lowest BCUT2D eigenvalue weighted by atomic mass is 10.0. The summed E-state index contributed by atoms with van der Waals surface area (Å²) in [6.45, 7) is 9.12. The van der Waals surface area contributed by atoms with Crippen LogP contribution in [-0.2, 0) is 21.4 Å². The largest absolute Gasteiger partial charge is 0.482 e. The molecule has 0 saturated heterocycles. The Hall–Kier alpha value is -2.83. The summed E-state index contributed by atoms with van der Waals surface area (Å²) >= 11 is 0. The summed E-state index contributed by atoms with van der Waals surface area (Å²) in [5, 5.41) is 6.99. The van der Waals surface area contributed by atoms with Crippen molar-refractivity contribution in [2.24, 2.45) is 7.05 Å². The number of carbonyl (C=O) groups is 2. The molecule has 146 valence electrons. The first-order valence-corrected chi connectivity index (χ1v) is 8.92. The van der Waals surface area contributed by atoms with E-state index in [-0.39, 0.29) is 6.61 Å². The number of rotatable bonds is 7. The van der Waals surface area contributed by atoms with Crippen molar-refractivity contribution in [2.75, 3.05) is 11.9 Å². The van der Waals surface area contributed by atoms with Crippen molar-refractivity contribution in [1.82, 2.24) is 9.78 Å². The third-order valence-electron chi connectivity index (χ3n) is 4.34. The number of hydrogen-bond acceptors (Lipinski definition) is 5. The number of carbonyl (C=O) groups excluding carboxylic acids is 2. The van der Waals surface area contributed by atoms with Crippen molar-refractivity contribution in [1.29, 1.82) is 0 Å². The van der Waals surface area contributed by atoms with Crippen LogP contribution in [0.3, 0.4) is 0 Å². The van der Waals surface area contributed by atoms with Crippen LogP contribution in [-0.4, -0.2) is 34.4 Å². The van der Waals surface area contributed by atoms with E-state index in [1.165, 1.54) is 12.5 Å². The number of esters is 1. The Morgan fingerprint density at radius 2 is 1.78 bits per heavy atom. The van der Waals surface area contributed by atoms with E-state index in [1.807, 2.05) is 31.2 Å². The van der Waals surface area contributed by atoms with Crippen LogP contribution in [0.4, 0.5) is 5.69 Å². The second-order valence-corrected chi connectivity index (χ2v) is 6.80. The Kier molecular flexibility index (Phi) is 6.60. The van der Waals surface area contributed by atoms with Gasteiger partial charge in [0, 0.05) is 7.05 Å². The molecule has 7 nitrogen and oxygen atoms in total. The van der Waals surface area contributed by atoms with Crippen molar-refractivity contribution < 1.29 is 19.1 Å². The van der Waals surface area contributed by atoms with Crippen LogP contribution >= 0.6 is 0 Å². The van der Waals surface area contributed by atoms with Gasteiger partial charge in [-0.15, -0.1) is 0 Å². The van der Waals surface area contributed by atoms with Gasteiger partial charge in [0.25, 0.3) is 5.91 Å². The van der Waals surface area contributed by atoms with E-state index < -0.39 is 18.0 Å². The fourth-order valence-corrected chi connectivity index (χ4v) is 2.56. The van der Waals surface area contributed by atoms with Gasteiger partial charge < -0.3 is 14.8 Å². The maximum absolute atomic E-state index is 12.3. The quantitative estimate of drug-likeness (QED) is 0.754. The molecule has 2 rings (SSSR count). The van der Waals surface area contributed by atoms with E-state index in [9.17, 15) is 9.59 Å². The van der Waals surface area contributed by atoms with Crippen LogP contribution in [0, 0.1) is 13.8 Å². The molecular formula is C20H27N3O4. The number of nitrogens with zero attached hydrogens (tertiary/aromatic N) is 2. The number of benzene rings is 1. The van der Waals surface area contributed by atoms with Gasteiger partial charge in [0.05, 0.1) is 17.1 Å². The fraction of sp³-hybridized carbons (Fsp3) is 0.450. The van der Waals surface area contributed by atoms with Gasteiger partial charge in [-0.1, -0.05) is 26.0 Å². The molecule has 0 aliphatic carbocycles. The van der Waals surface area contributed by atoms with Crippen molar-refractivity contribution in [3.63, 3.8) is 0 Å². The number of anilines is 1. The number of ether oxygens (including phenoxy) is 2. The lowest BCUT2D eigenvalue weighted by Gasteiger charge is -2.14. The highest BCUT2D eigenvalue weighted by Crippen LogP contribution is 2.20. The highest BCUT2D eigenvalue weighted by atomic mass is 16.6. The van der Waals surface area contributed by atoms with Gasteiger partial charge in [-0.25, -0.2) is 4.79 Å². The molecular weight excluding hydrogens is 346 g/mol. The van der Waals surface area contributed by atoms with Gasteiger partial charge in [0.2, 0.25) is 0 Å². The van der Waals surface area contributed by atoms with Gasteiger partial charge in [-0.2, -0.15) is 5.10 Å². The third kappa shape index (κ3) is 5.32. The minimum Gasteiger partial charge on any atom is -0.482 e. The molecule has 1 atom stereocenters. The predicted octanol–water partition coefficient (Wildman–Crippen LogP) is 3.11. The van der Waals surface area contributed by atoms with Crippen LogP contribution in [0.1, 0.15) is 43.6 Å². The minimum atomic E-state index is -0.941. The maximum Gasteiger partial charge on any atom is 0.344 e. The molecule has 0 saturated carbocycles. The summed E-state index contributed by atoms with van der Waals surface area (Å²) in [4.78, 5) is 24.2. The van der Waals surface area contributed by atoms with Crippen molar-refractivity contribution in [3.05, 3.63) is 41.2 Å². The first-order valence-electron chi connectivity index (χ1n) is 8.92. The summed E-state index contributed by atoms with van der Waals surface area (Å²) in [6.07, 6.45) is -0.941. The lowest BCUT2D eigenvalue weighted by Crippen LogP contribution is -2.32. The third-order valence-corrected chi connectivity index (χ3v) is 4.34. The van der Waals surface area contributed by atoms with Crippen LogP contribution < -0.4 is 10.1 Å². The zero-order chi connectivity index (χ0) is 20.1. The number of aromatic nitrogens is 2. The molecule has 0 fully saturated rings. The molecule has 7 heteroatoms. The number of aryl methyl sites for hydroxylation is 2. The van der Waals surface area contributed by atoms with E-state index in [1.54, 1.807) is 18.7 Å². The molecule has 0 unspecified atom stereocenters.